The van der Waals surface area contributed by atoms with Gasteiger partial charge in [-0.3, -0.25) is 4.79 Å². The number of amides is 1. The molecule has 0 saturated carbocycles. The van der Waals surface area contributed by atoms with Crippen LogP contribution in [0.4, 0.5) is 0 Å². The summed E-state index contributed by atoms with van der Waals surface area (Å²) >= 11 is 0. The lowest BCUT2D eigenvalue weighted by Crippen LogP contribution is -2.46. The molecule has 26 heavy (non-hydrogen) atoms. The normalized spacial score (nSPS) is 16.2. The third-order valence-corrected chi connectivity index (χ3v) is 5.66. The number of carbonyl (C=O) groups excluding carboxylic acids is 1. The molecule has 1 aliphatic heterocycles. The fourth-order valence-electron chi connectivity index (χ4n) is 2.90. The largest absolute Gasteiger partial charge is 0.457 e. The van der Waals surface area contributed by atoms with Gasteiger partial charge in [-0.2, -0.15) is 0 Å². The number of benzene rings is 2. The molecule has 6 nitrogen and oxygen atoms in total. The smallest absolute Gasteiger partial charge is 0.251 e. The van der Waals surface area contributed by atoms with Crippen molar-refractivity contribution in [1.29, 1.82) is 0 Å². The molecule has 1 amide bonds. The Morgan fingerprint density at radius 2 is 1.58 bits per heavy atom. The molecule has 2 aromatic rings. The fourth-order valence-corrected chi connectivity index (χ4v) is 3.77. The van der Waals surface area contributed by atoms with Gasteiger partial charge in [-0.25, -0.2) is 12.7 Å². The third-order valence-electron chi connectivity index (χ3n) is 4.35. The molecule has 1 saturated heterocycles. The number of hydrogen-bond donors (Lipinski definition) is 1. The summed E-state index contributed by atoms with van der Waals surface area (Å²) in [6.07, 6.45) is 2.45. The van der Waals surface area contributed by atoms with E-state index in [1.165, 1.54) is 10.6 Å². The van der Waals surface area contributed by atoms with Crippen LogP contribution in [0.2, 0.25) is 0 Å². The monoisotopic (exact) mass is 374 g/mol. The molecular formula is C19H22N2O4S. The first-order valence-electron chi connectivity index (χ1n) is 8.51. The highest BCUT2D eigenvalue weighted by atomic mass is 32.2. The van der Waals surface area contributed by atoms with E-state index in [1.807, 2.05) is 30.3 Å². The van der Waals surface area contributed by atoms with Gasteiger partial charge in [0.1, 0.15) is 11.5 Å². The maximum Gasteiger partial charge on any atom is 0.251 e. The molecule has 1 N–H and O–H groups in total. The van der Waals surface area contributed by atoms with Crippen molar-refractivity contribution in [2.75, 3.05) is 19.3 Å². The van der Waals surface area contributed by atoms with Gasteiger partial charge in [-0.05, 0) is 49.2 Å². The second-order valence-corrected chi connectivity index (χ2v) is 8.33. The molecule has 7 heteroatoms. The average Bonchev–Trinajstić information content (AvgIpc) is 2.63. The Hall–Kier alpha value is -2.38. The molecule has 1 aliphatic rings. The maximum absolute atomic E-state index is 12.4. The number of para-hydroxylation sites is 1. The molecule has 0 aromatic heterocycles. The zero-order chi connectivity index (χ0) is 18.6. The zero-order valence-corrected chi connectivity index (χ0v) is 15.4. The van der Waals surface area contributed by atoms with E-state index in [0.29, 0.717) is 37.2 Å². The highest BCUT2D eigenvalue weighted by Crippen LogP contribution is 2.21. The van der Waals surface area contributed by atoms with E-state index in [1.54, 1.807) is 24.3 Å². The first kappa shape index (κ1) is 18.4. The highest BCUT2D eigenvalue weighted by Gasteiger charge is 2.25. The number of nitrogens with one attached hydrogen (secondary N) is 1. The minimum absolute atomic E-state index is 0.0132. The first-order valence-corrected chi connectivity index (χ1v) is 10.4. The number of piperidine rings is 1. The van der Waals surface area contributed by atoms with Crippen LogP contribution in [0, 0.1) is 0 Å². The lowest BCUT2D eigenvalue weighted by molar-refractivity contribution is 0.0924. The van der Waals surface area contributed by atoms with Crippen molar-refractivity contribution in [1.82, 2.24) is 9.62 Å². The second-order valence-electron chi connectivity index (χ2n) is 6.35. The van der Waals surface area contributed by atoms with E-state index >= 15 is 0 Å². The Kier molecular flexibility index (Phi) is 5.58. The lowest BCUT2D eigenvalue weighted by Gasteiger charge is -2.30. The third kappa shape index (κ3) is 4.83. The number of hydrogen-bond acceptors (Lipinski definition) is 4. The summed E-state index contributed by atoms with van der Waals surface area (Å²) in [6, 6.07) is 16.4. The Labute approximate surface area is 153 Å². The molecular weight excluding hydrogens is 352 g/mol. The topological polar surface area (TPSA) is 75.7 Å². The standard InChI is InChI=1S/C19H22N2O4S/c1-26(23,24)21-13-11-16(12-14-21)20-19(22)15-7-9-18(10-8-15)25-17-5-3-2-4-6-17/h2-10,16H,11-14H2,1H3,(H,20,22). The number of ether oxygens (including phenoxy) is 1. The van der Waals surface area contributed by atoms with Crippen LogP contribution >= 0.6 is 0 Å². The molecule has 0 atom stereocenters. The van der Waals surface area contributed by atoms with Gasteiger partial charge in [-0.15, -0.1) is 0 Å². The van der Waals surface area contributed by atoms with Gasteiger partial charge in [0.05, 0.1) is 6.26 Å². The van der Waals surface area contributed by atoms with Crippen LogP contribution in [0.15, 0.2) is 54.6 Å². The predicted molar refractivity (Wildman–Crippen MR) is 99.9 cm³/mol. The van der Waals surface area contributed by atoms with Crippen LogP contribution in [0.3, 0.4) is 0 Å². The molecule has 0 unspecified atom stereocenters. The number of rotatable bonds is 5. The minimum atomic E-state index is -3.15. The number of carbonyl (C=O) groups is 1. The lowest BCUT2D eigenvalue weighted by atomic mass is 10.1. The van der Waals surface area contributed by atoms with Crippen molar-refractivity contribution in [2.24, 2.45) is 0 Å². The van der Waals surface area contributed by atoms with Gasteiger partial charge < -0.3 is 10.1 Å². The van der Waals surface area contributed by atoms with E-state index in [9.17, 15) is 13.2 Å². The van der Waals surface area contributed by atoms with E-state index < -0.39 is 10.0 Å². The highest BCUT2D eigenvalue weighted by molar-refractivity contribution is 7.88. The molecule has 1 heterocycles. The Balaban J connectivity index is 1.54. The summed E-state index contributed by atoms with van der Waals surface area (Å²) in [5.41, 5.74) is 0.552. The van der Waals surface area contributed by atoms with Crippen LogP contribution in [0.5, 0.6) is 11.5 Å². The van der Waals surface area contributed by atoms with Crippen molar-refractivity contribution in [2.45, 2.75) is 18.9 Å². The van der Waals surface area contributed by atoms with Crippen LogP contribution in [-0.2, 0) is 10.0 Å². The summed E-state index contributed by atoms with van der Waals surface area (Å²) in [7, 11) is -3.15. The van der Waals surface area contributed by atoms with Crippen LogP contribution in [0.1, 0.15) is 23.2 Å². The van der Waals surface area contributed by atoms with Gasteiger partial charge in [0.25, 0.3) is 5.91 Å². The SMILES string of the molecule is CS(=O)(=O)N1CCC(NC(=O)c2ccc(Oc3ccccc3)cc2)CC1. The van der Waals surface area contributed by atoms with Crippen LogP contribution in [0.25, 0.3) is 0 Å². The maximum atomic E-state index is 12.4. The zero-order valence-electron chi connectivity index (χ0n) is 14.6. The van der Waals surface area contributed by atoms with Crippen LogP contribution in [-0.4, -0.2) is 44.0 Å². The minimum Gasteiger partial charge on any atom is -0.457 e. The molecule has 2 aromatic carbocycles. The van der Waals surface area contributed by atoms with Gasteiger partial charge in [0.15, 0.2) is 0 Å². The average molecular weight is 374 g/mol. The van der Waals surface area contributed by atoms with E-state index in [-0.39, 0.29) is 11.9 Å². The molecule has 3 rings (SSSR count). The van der Waals surface area contributed by atoms with Crippen molar-refractivity contribution in [3.05, 3.63) is 60.2 Å². The summed E-state index contributed by atoms with van der Waals surface area (Å²) in [5, 5.41) is 2.98. The van der Waals surface area contributed by atoms with Crippen molar-refractivity contribution in [3.8, 4) is 11.5 Å². The number of nitrogens with zero attached hydrogens (tertiary/aromatic N) is 1. The summed E-state index contributed by atoms with van der Waals surface area (Å²) < 4.78 is 30.2. The van der Waals surface area contributed by atoms with Gasteiger partial charge >= 0.3 is 0 Å². The molecule has 0 spiro atoms. The Bertz CT molecular complexity index is 843. The van der Waals surface area contributed by atoms with E-state index in [2.05, 4.69) is 5.32 Å². The van der Waals surface area contributed by atoms with E-state index in [0.717, 1.165) is 5.75 Å². The molecule has 0 bridgehead atoms. The van der Waals surface area contributed by atoms with Crippen molar-refractivity contribution < 1.29 is 17.9 Å². The summed E-state index contributed by atoms with van der Waals surface area (Å²) in [5.74, 6) is 1.24. The molecule has 0 aliphatic carbocycles. The van der Waals surface area contributed by atoms with Crippen LogP contribution < -0.4 is 10.1 Å². The Morgan fingerprint density at radius 3 is 2.15 bits per heavy atom. The van der Waals surface area contributed by atoms with Crippen molar-refractivity contribution >= 4 is 15.9 Å². The molecule has 0 radical (unpaired) electrons. The predicted octanol–water partition coefficient (Wildman–Crippen LogP) is 2.63. The fraction of sp³-hybridized carbons (Fsp3) is 0.316. The van der Waals surface area contributed by atoms with Gasteiger partial charge in [0.2, 0.25) is 10.0 Å². The molecule has 138 valence electrons. The van der Waals surface area contributed by atoms with Gasteiger partial charge in [0, 0.05) is 24.7 Å². The quantitative estimate of drug-likeness (QED) is 0.873. The summed E-state index contributed by atoms with van der Waals surface area (Å²) in [6.45, 7) is 0.876. The first-order chi connectivity index (χ1) is 12.4. The van der Waals surface area contributed by atoms with E-state index in [4.69, 9.17) is 4.74 Å². The number of sulfonamides is 1. The van der Waals surface area contributed by atoms with Gasteiger partial charge in [-0.1, -0.05) is 18.2 Å². The summed E-state index contributed by atoms with van der Waals surface area (Å²) in [4.78, 5) is 12.4. The second kappa shape index (κ2) is 7.88. The Morgan fingerprint density at radius 1 is 1.00 bits per heavy atom. The van der Waals surface area contributed by atoms with Crippen molar-refractivity contribution in [3.63, 3.8) is 0 Å². The molecule has 1 fully saturated rings.